The number of carbonyl (C=O) groups is 3. The van der Waals surface area contributed by atoms with E-state index in [-0.39, 0.29) is 11.3 Å². The number of rotatable bonds is 9. The van der Waals surface area contributed by atoms with E-state index in [4.69, 9.17) is 11.6 Å². The van der Waals surface area contributed by atoms with Gasteiger partial charge in [0, 0.05) is 35.8 Å². The summed E-state index contributed by atoms with van der Waals surface area (Å²) in [6, 6.07) is 11.7. The van der Waals surface area contributed by atoms with E-state index in [0.29, 0.717) is 28.2 Å². The Morgan fingerprint density at radius 1 is 1.02 bits per heavy atom. The van der Waals surface area contributed by atoms with Crippen LogP contribution in [0.15, 0.2) is 42.5 Å². The second kappa shape index (κ2) is 15.3. The number of halogens is 2. The number of aryl methyl sites for hydroxylation is 3. The molecule has 3 heterocycles. The molecular formula is C36H45ClFN5O4. The average molecular weight is 666 g/mol. The van der Waals surface area contributed by atoms with Crippen LogP contribution in [-0.4, -0.2) is 71.5 Å². The summed E-state index contributed by atoms with van der Waals surface area (Å²) in [5.74, 6) is -1.45. The number of amides is 2. The smallest absolute Gasteiger partial charge is 0.305 e. The number of carbonyl (C=O) groups excluding carboxylic acids is 2. The number of carboxylic acids is 1. The van der Waals surface area contributed by atoms with Crippen molar-refractivity contribution in [2.75, 3.05) is 31.6 Å². The summed E-state index contributed by atoms with van der Waals surface area (Å²) >= 11 is 6.20. The molecule has 9 nitrogen and oxygen atoms in total. The van der Waals surface area contributed by atoms with Crippen LogP contribution in [-0.2, 0) is 9.59 Å². The number of pyridine rings is 1. The fourth-order valence-corrected chi connectivity index (χ4v) is 6.65. The third-order valence-corrected chi connectivity index (χ3v) is 8.56. The van der Waals surface area contributed by atoms with Crippen LogP contribution in [0.3, 0.4) is 0 Å². The number of piperazine rings is 1. The van der Waals surface area contributed by atoms with Gasteiger partial charge in [-0.25, -0.2) is 9.37 Å². The Morgan fingerprint density at radius 3 is 2.26 bits per heavy atom. The van der Waals surface area contributed by atoms with Crippen LogP contribution in [0.2, 0.25) is 5.02 Å². The van der Waals surface area contributed by atoms with Crippen LogP contribution >= 0.6 is 11.6 Å². The summed E-state index contributed by atoms with van der Waals surface area (Å²) in [7, 11) is 2.11. The number of carboxylic acid groups (broad SMARTS) is 1. The molecule has 1 aromatic heterocycles. The van der Waals surface area contributed by atoms with E-state index in [1.807, 2.05) is 19.9 Å². The number of likely N-dealkylation sites (tertiary alicyclic amines) is 1. The van der Waals surface area contributed by atoms with Gasteiger partial charge in [-0.2, -0.15) is 0 Å². The van der Waals surface area contributed by atoms with E-state index in [9.17, 15) is 19.5 Å². The molecule has 3 N–H and O–H groups in total. The van der Waals surface area contributed by atoms with Crippen LogP contribution in [0.5, 0.6) is 0 Å². The molecule has 3 unspecified atom stereocenters. The van der Waals surface area contributed by atoms with Crippen molar-refractivity contribution in [2.24, 2.45) is 5.92 Å². The maximum absolute atomic E-state index is 15.4. The Balaban J connectivity index is 0.00000118. The molecule has 47 heavy (non-hydrogen) atoms. The Labute approximate surface area is 281 Å². The molecule has 0 aliphatic carbocycles. The number of likely N-dealkylation sites (N-methyl/N-ethyl adjacent to an activating group) is 1. The highest BCUT2D eigenvalue weighted by Gasteiger charge is 2.42. The number of hydrogen-bond acceptors (Lipinski definition) is 6. The van der Waals surface area contributed by atoms with Gasteiger partial charge in [0.25, 0.3) is 5.91 Å². The molecule has 2 saturated heterocycles. The van der Waals surface area contributed by atoms with Gasteiger partial charge in [0.1, 0.15) is 17.3 Å². The summed E-state index contributed by atoms with van der Waals surface area (Å²) < 4.78 is 15.4. The molecule has 5 rings (SSSR count). The quantitative estimate of drug-likeness (QED) is 0.254. The van der Waals surface area contributed by atoms with Crippen molar-refractivity contribution in [3.05, 3.63) is 81.3 Å². The molecule has 11 heteroatoms. The zero-order valence-electron chi connectivity index (χ0n) is 28.2. The number of aliphatic carboxylic acids is 1. The second-order valence-corrected chi connectivity index (χ2v) is 13.7. The zero-order chi connectivity index (χ0) is 34.6. The molecule has 2 amide bonds. The van der Waals surface area contributed by atoms with Gasteiger partial charge in [0.2, 0.25) is 5.91 Å². The van der Waals surface area contributed by atoms with E-state index in [1.165, 1.54) is 0 Å². The molecule has 2 aromatic carbocycles. The van der Waals surface area contributed by atoms with Gasteiger partial charge in [0.05, 0.1) is 19.0 Å². The van der Waals surface area contributed by atoms with Gasteiger partial charge in [-0.05, 0) is 104 Å². The van der Waals surface area contributed by atoms with Crippen molar-refractivity contribution in [3.8, 4) is 11.1 Å². The first-order valence-corrected chi connectivity index (χ1v) is 16.3. The largest absolute Gasteiger partial charge is 0.481 e. The van der Waals surface area contributed by atoms with E-state index >= 15 is 4.39 Å². The lowest BCUT2D eigenvalue weighted by molar-refractivity contribution is -0.137. The summed E-state index contributed by atoms with van der Waals surface area (Å²) in [6.45, 7) is 13.2. The molecule has 0 saturated carbocycles. The number of aromatic nitrogens is 1. The minimum atomic E-state index is -1.21. The fourth-order valence-electron chi connectivity index (χ4n) is 6.33. The predicted molar refractivity (Wildman–Crippen MR) is 183 cm³/mol. The van der Waals surface area contributed by atoms with Gasteiger partial charge >= 0.3 is 5.97 Å². The molecular weight excluding hydrogens is 621 g/mol. The summed E-state index contributed by atoms with van der Waals surface area (Å²) in [5.41, 5.74) is 3.82. The Kier molecular flexibility index (Phi) is 11.6. The maximum atomic E-state index is 15.4. The third kappa shape index (κ3) is 8.87. The zero-order valence-corrected chi connectivity index (χ0v) is 28.9. The Morgan fingerprint density at radius 2 is 1.68 bits per heavy atom. The minimum Gasteiger partial charge on any atom is -0.481 e. The van der Waals surface area contributed by atoms with E-state index in [0.717, 1.165) is 47.9 Å². The highest BCUT2D eigenvalue weighted by Crippen LogP contribution is 2.35. The molecule has 2 bridgehead atoms. The van der Waals surface area contributed by atoms with Gasteiger partial charge in [-0.15, -0.1) is 0 Å². The van der Waals surface area contributed by atoms with Gasteiger partial charge in [-0.3, -0.25) is 19.3 Å². The van der Waals surface area contributed by atoms with Crippen molar-refractivity contribution < 1.29 is 23.9 Å². The van der Waals surface area contributed by atoms with Gasteiger partial charge in [-0.1, -0.05) is 38.4 Å². The summed E-state index contributed by atoms with van der Waals surface area (Å²) in [4.78, 5) is 46.7. The predicted octanol–water partition coefficient (Wildman–Crippen LogP) is 6.08. The highest BCUT2D eigenvalue weighted by molar-refractivity contribution is 6.30. The SMILES string of the molecule is CC(C)C.Cc1cc(-c2c(C)cc(Cl)cc2C)cc(C(CC(=O)O)NC(=O)CNC(=O)c2cccc(N3CC4CC3CN4C)n2)c1F. The van der Waals surface area contributed by atoms with Crippen molar-refractivity contribution >= 4 is 35.2 Å². The lowest BCUT2D eigenvalue weighted by Crippen LogP contribution is -2.45. The number of nitrogens with one attached hydrogen (secondary N) is 2. The first-order chi connectivity index (χ1) is 22.1. The molecule has 2 aliphatic rings. The number of nitrogens with zero attached hydrogens (tertiary/aromatic N) is 3. The number of anilines is 1. The first-order valence-electron chi connectivity index (χ1n) is 15.9. The number of benzene rings is 2. The lowest BCUT2D eigenvalue weighted by Gasteiger charge is -2.32. The molecule has 2 fully saturated rings. The van der Waals surface area contributed by atoms with E-state index < -0.39 is 42.6 Å². The van der Waals surface area contributed by atoms with Crippen molar-refractivity contribution in [2.45, 2.75) is 72.5 Å². The van der Waals surface area contributed by atoms with Gasteiger partial charge < -0.3 is 20.6 Å². The van der Waals surface area contributed by atoms with Crippen LogP contribution in [0.1, 0.15) is 72.4 Å². The van der Waals surface area contributed by atoms with Crippen molar-refractivity contribution in [3.63, 3.8) is 0 Å². The average Bonchev–Trinajstić information content (AvgIpc) is 3.56. The van der Waals surface area contributed by atoms with Crippen molar-refractivity contribution in [1.82, 2.24) is 20.5 Å². The second-order valence-electron chi connectivity index (χ2n) is 13.3. The van der Waals surface area contributed by atoms with Crippen molar-refractivity contribution in [1.29, 1.82) is 0 Å². The first kappa shape index (κ1) is 35.8. The standard InChI is InChI=1S/C32H35ClFN5O4.C4H10/c1-17-9-21(33)10-18(2)30(17)20-8-19(3)31(34)24(11-20)26(13-29(41)42)37-28(40)14-35-32(43)25-6-5-7-27(36-25)39-16-22-12-23(39)15-38(22)4;1-4(2)3/h5-11,22-23,26H,12-16H2,1-4H3,(H,35,43)(H,37,40)(H,41,42);4H,1-3H3. The number of hydrogen-bond donors (Lipinski definition) is 3. The monoisotopic (exact) mass is 665 g/mol. The van der Waals surface area contributed by atoms with E-state index in [1.54, 1.807) is 43.3 Å². The molecule has 3 aromatic rings. The van der Waals surface area contributed by atoms with Crippen LogP contribution in [0, 0.1) is 32.5 Å². The normalized spacial score (nSPS) is 17.7. The Hall–Kier alpha value is -4.02. The maximum Gasteiger partial charge on any atom is 0.305 e. The van der Waals surface area contributed by atoms with Crippen LogP contribution in [0.4, 0.5) is 10.2 Å². The highest BCUT2D eigenvalue weighted by atomic mass is 35.5. The van der Waals surface area contributed by atoms with Crippen LogP contribution < -0.4 is 15.5 Å². The molecule has 0 radical (unpaired) electrons. The summed E-state index contributed by atoms with van der Waals surface area (Å²) in [5, 5.41) is 15.3. The molecule has 3 atom stereocenters. The molecule has 252 valence electrons. The summed E-state index contributed by atoms with van der Waals surface area (Å²) in [6.07, 6.45) is 0.517. The minimum absolute atomic E-state index is 0.0470. The molecule has 0 spiro atoms. The van der Waals surface area contributed by atoms with Gasteiger partial charge in [0.15, 0.2) is 0 Å². The topological polar surface area (TPSA) is 115 Å². The van der Waals surface area contributed by atoms with Crippen LogP contribution in [0.25, 0.3) is 11.1 Å². The third-order valence-electron chi connectivity index (χ3n) is 8.34. The van der Waals surface area contributed by atoms with E-state index in [2.05, 4.69) is 53.2 Å². The molecule has 2 aliphatic heterocycles. The fraction of sp³-hybridized carbons (Fsp3) is 0.444. The Bertz CT molecular complexity index is 1620. The lowest BCUT2D eigenvalue weighted by atomic mass is 9.90. The number of fused-ring (bicyclic) bond motifs is 2.